The van der Waals surface area contributed by atoms with Crippen LogP contribution in [0, 0.1) is 6.92 Å². The molecule has 0 radical (unpaired) electrons. The molecule has 4 aromatic rings. The summed E-state index contributed by atoms with van der Waals surface area (Å²) in [5.74, 6) is 0.590. The molecular formula is C27H24N4O5. The lowest BCUT2D eigenvalue weighted by molar-refractivity contribution is -0.117. The van der Waals surface area contributed by atoms with Crippen molar-refractivity contribution in [2.24, 2.45) is 0 Å². The molecule has 0 spiro atoms. The zero-order valence-corrected chi connectivity index (χ0v) is 19.8. The van der Waals surface area contributed by atoms with Gasteiger partial charge in [0.15, 0.2) is 11.5 Å². The first-order chi connectivity index (χ1) is 17.4. The molecule has 2 heterocycles. The molecule has 0 saturated heterocycles. The van der Waals surface area contributed by atoms with Crippen LogP contribution in [0.4, 0.5) is 11.4 Å². The molecule has 9 nitrogen and oxygen atoms in total. The first kappa shape index (κ1) is 23.1. The van der Waals surface area contributed by atoms with Crippen molar-refractivity contribution in [2.75, 3.05) is 17.4 Å². The maximum absolute atomic E-state index is 13.7. The first-order valence-electron chi connectivity index (χ1n) is 11.5. The van der Waals surface area contributed by atoms with E-state index in [0.717, 1.165) is 5.56 Å². The predicted molar refractivity (Wildman–Crippen MR) is 136 cm³/mol. The van der Waals surface area contributed by atoms with Crippen LogP contribution in [0.5, 0.6) is 11.5 Å². The van der Waals surface area contributed by atoms with E-state index in [1.165, 1.54) is 4.57 Å². The van der Waals surface area contributed by atoms with Crippen LogP contribution in [-0.4, -0.2) is 28.2 Å². The molecule has 0 atom stereocenters. The van der Waals surface area contributed by atoms with Gasteiger partial charge in [-0.2, -0.15) is 0 Å². The second-order valence-corrected chi connectivity index (χ2v) is 8.41. The summed E-state index contributed by atoms with van der Waals surface area (Å²) < 4.78 is 12.1. The molecule has 2 amide bonds. The van der Waals surface area contributed by atoms with Gasteiger partial charge in [-0.15, -0.1) is 0 Å². The van der Waals surface area contributed by atoms with E-state index in [2.05, 4.69) is 15.6 Å². The summed E-state index contributed by atoms with van der Waals surface area (Å²) in [5.41, 5.74) is 3.21. The average molecular weight is 485 g/mol. The topological polar surface area (TPSA) is 112 Å². The van der Waals surface area contributed by atoms with Gasteiger partial charge < -0.3 is 20.1 Å². The predicted octanol–water partition coefficient (Wildman–Crippen LogP) is 4.09. The van der Waals surface area contributed by atoms with E-state index in [1.807, 2.05) is 19.1 Å². The fourth-order valence-corrected chi connectivity index (χ4v) is 4.04. The SMILES string of the molecule is CCC(=O)Nc1ccc(C)cc1-c1nc2ccccc2n(CC(=O)Nc2ccc3c(c2)OCO3)c1=O. The molecule has 0 saturated carbocycles. The molecule has 0 fully saturated rings. The van der Waals surface area contributed by atoms with Crippen LogP contribution in [0.25, 0.3) is 22.3 Å². The Hall–Kier alpha value is -4.66. The van der Waals surface area contributed by atoms with Gasteiger partial charge in [-0.25, -0.2) is 4.98 Å². The van der Waals surface area contributed by atoms with Crippen molar-refractivity contribution in [3.05, 3.63) is 76.6 Å². The minimum Gasteiger partial charge on any atom is -0.454 e. The molecule has 2 N–H and O–H groups in total. The number of para-hydroxylation sites is 2. The highest BCUT2D eigenvalue weighted by Crippen LogP contribution is 2.34. The summed E-state index contributed by atoms with van der Waals surface area (Å²) in [4.78, 5) is 43.5. The van der Waals surface area contributed by atoms with Crippen LogP contribution < -0.4 is 25.7 Å². The van der Waals surface area contributed by atoms with Crippen LogP contribution in [0.3, 0.4) is 0 Å². The highest BCUT2D eigenvalue weighted by Gasteiger charge is 2.19. The Kier molecular flexibility index (Phi) is 6.12. The monoisotopic (exact) mass is 484 g/mol. The number of carbonyl (C=O) groups is 2. The summed E-state index contributed by atoms with van der Waals surface area (Å²) in [5, 5.41) is 5.66. The molecule has 0 aliphatic carbocycles. The Morgan fingerprint density at radius 2 is 1.78 bits per heavy atom. The number of amides is 2. The van der Waals surface area contributed by atoms with Crippen LogP contribution in [0.1, 0.15) is 18.9 Å². The maximum Gasteiger partial charge on any atom is 0.278 e. The van der Waals surface area contributed by atoms with Crippen molar-refractivity contribution < 1.29 is 19.1 Å². The summed E-state index contributed by atoms with van der Waals surface area (Å²) in [6, 6.07) is 17.6. The average Bonchev–Trinajstić information content (AvgIpc) is 3.34. The molecule has 36 heavy (non-hydrogen) atoms. The Labute approximate surface area is 206 Å². The fraction of sp³-hybridized carbons (Fsp3) is 0.185. The van der Waals surface area contributed by atoms with Gasteiger partial charge >= 0.3 is 0 Å². The summed E-state index contributed by atoms with van der Waals surface area (Å²) >= 11 is 0. The number of fused-ring (bicyclic) bond motifs is 2. The van der Waals surface area contributed by atoms with Crippen molar-refractivity contribution in [3.63, 3.8) is 0 Å². The molecule has 9 heteroatoms. The Morgan fingerprint density at radius 1 is 0.972 bits per heavy atom. The van der Waals surface area contributed by atoms with Crippen LogP contribution in [0.15, 0.2) is 65.5 Å². The minimum atomic E-state index is -0.438. The smallest absolute Gasteiger partial charge is 0.278 e. The van der Waals surface area contributed by atoms with Gasteiger partial charge in [0.1, 0.15) is 12.2 Å². The second kappa shape index (κ2) is 9.53. The van der Waals surface area contributed by atoms with E-state index in [-0.39, 0.29) is 30.8 Å². The third kappa shape index (κ3) is 4.50. The zero-order valence-electron chi connectivity index (χ0n) is 19.8. The number of nitrogens with one attached hydrogen (secondary N) is 2. The number of nitrogens with zero attached hydrogens (tertiary/aromatic N) is 2. The summed E-state index contributed by atoms with van der Waals surface area (Å²) in [6.45, 7) is 3.55. The molecule has 3 aromatic carbocycles. The van der Waals surface area contributed by atoms with Gasteiger partial charge in [-0.3, -0.25) is 19.0 Å². The van der Waals surface area contributed by atoms with E-state index in [4.69, 9.17) is 9.47 Å². The summed E-state index contributed by atoms with van der Waals surface area (Å²) in [6.07, 6.45) is 0.294. The van der Waals surface area contributed by atoms with E-state index in [9.17, 15) is 14.4 Å². The highest BCUT2D eigenvalue weighted by molar-refractivity contribution is 5.96. The van der Waals surface area contributed by atoms with Gasteiger partial charge in [0.25, 0.3) is 5.56 Å². The number of hydrogen-bond donors (Lipinski definition) is 2. The lowest BCUT2D eigenvalue weighted by Gasteiger charge is -2.15. The number of ether oxygens (including phenoxy) is 2. The lowest BCUT2D eigenvalue weighted by atomic mass is 10.1. The quantitative estimate of drug-likeness (QED) is 0.426. The normalized spacial score (nSPS) is 11.9. The van der Waals surface area contributed by atoms with Gasteiger partial charge in [0.05, 0.1) is 16.7 Å². The van der Waals surface area contributed by atoms with E-state index in [1.54, 1.807) is 55.5 Å². The minimum absolute atomic E-state index is 0.133. The molecular weight excluding hydrogens is 460 g/mol. The number of rotatable bonds is 6. The van der Waals surface area contributed by atoms with Gasteiger partial charge in [0, 0.05) is 23.7 Å². The number of carbonyl (C=O) groups excluding carboxylic acids is 2. The molecule has 5 rings (SSSR count). The van der Waals surface area contributed by atoms with E-state index < -0.39 is 5.56 Å². The number of hydrogen-bond acceptors (Lipinski definition) is 6. The molecule has 0 unspecified atom stereocenters. The van der Waals surface area contributed by atoms with Gasteiger partial charge in [-0.1, -0.05) is 30.7 Å². The van der Waals surface area contributed by atoms with Crippen molar-refractivity contribution in [1.82, 2.24) is 9.55 Å². The number of benzene rings is 3. The summed E-state index contributed by atoms with van der Waals surface area (Å²) in [7, 11) is 0. The van der Waals surface area contributed by atoms with Crippen molar-refractivity contribution >= 4 is 34.2 Å². The Morgan fingerprint density at radius 3 is 2.61 bits per heavy atom. The maximum atomic E-state index is 13.7. The second-order valence-electron chi connectivity index (χ2n) is 8.41. The Balaban J connectivity index is 1.55. The fourth-order valence-electron chi connectivity index (χ4n) is 4.04. The number of anilines is 2. The first-order valence-corrected chi connectivity index (χ1v) is 11.5. The molecule has 182 valence electrons. The van der Waals surface area contributed by atoms with Gasteiger partial charge in [0.2, 0.25) is 18.6 Å². The van der Waals surface area contributed by atoms with Gasteiger partial charge in [-0.05, 0) is 43.3 Å². The lowest BCUT2D eigenvalue weighted by Crippen LogP contribution is -2.30. The molecule has 1 aliphatic heterocycles. The third-order valence-corrected chi connectivity index (χ3v) is 5.84. The molecule has 1 aliphatic rings. The van der Waals surface area contributed by atoms with Crippen molar-refractivity contribution in [3.8, 4) is 22.8 Å². The van der Waals surface area contributed by atoms with Crippen molar-refractivity contribution in [2.45, 2.75) is 26.8 Å². The zero-order chi connectivity index (χ0) is 25.2. The third-order valence-electron chi connectivity index (χ3n) is 5.84. The van der Waals surface area contributed by atoms with Crippen LogP contribution in [-0.2, 0) is 16.1 Å². The number of aryl methyl sites for hydroxylation is 1. The van der Waals surface area contributed by atoms with E-state index >= 15 is 0 Å². The van der Waals surface area contributed by atoms with Crippen LogP contribution in [0.2, 0.25) is 0 Å². The van der Waals surface area contributed by atoms with E-state index in [0.29, 0.717) is 45.9 Å². The largest absolute Gasteiger partial charge is 0.454 e. The highest BCUT2D eigenvalue weighted by atomic mass is 16.7. The van der Waals surface area contributed by atoms with Crippen LogP contribution >= 0.6 is 0 Å². The Bertz CT molecular complexity index is 1560. The van der Waals surface area contributed by atoms with Crippen molar-refractivity contribution in [1.29, 1.82) is 0 Å². The number of aromatic nitrogens is 2. The standard InChI is InChI=1S/C27H24N4O5/c1-3-24(32)29-19-10-8-16(2)12-18(19)26-27(34)31(21-7-5-4-6-20(21)30-26)14-25(33)28-17-9-11-22-23(13-17)36-15-35-22/h4-13H,3,14-15H2,1-2H3,(H,28,33)(H,29,32). The molecule has 1 aromatic heterocycles. The molecule has 0 bridgehead atoms.